The van der Waals surface area contributed by atoms with Crippen LogP contribution in [0.25, 0.3) is 10.9 Å². The molecule has 0 spiro atoms. The Morgan fingerprint density at radius 3 is 2.45 bits per heavy atom. The second-order valence-corrected chi connectivity index (χ2v) is 10.4. The average Bonchev–Trinajstić information content (AvgIpc) is 2.78. The summed E-state index contributed by atoms with van der Waals surface area (Å²) in [5, 5.41) is 10.9. The Bertz CT molecular complexity index is 919. The number of nitrogens with zero attached hydrogens (tertiary/aromatic N) is 4. The van der Waals surface area contributed by atoms with Gasteiger partial charge in [-0.1, -0.05) is 6.92 Å². The molecule has 0 bridgehead atoms. The van der Waals surface area contributed by atoms with Gasteiger partial charge >= 0.3 is 0 Å². The fourth-order valence-corrected chi connectivity index (χ4v) is 5.46. The molecule has 0 radical (unpaired) electrons. The number of hydrogen-bond acceptors (Lipinski definition) is 7. The number of aliphatic hydroxyl groups excluding tert-OH is 1. The van der Waals surface area contributed by atoms with Gasteiger partial charge in [-0.25, -0.2) is 15.0 Å². The van der Waals surface area contributed by atoms with Crippen molar-refractivity contribution in [2.75, 3.05) is 20.8 Å². The summed E-state index contributed by atoms with van der Waals surface area (Å²) in [6.45, 7) is 7.36. The zero-order valence-electron chi connectivity index (χ0n) is 20.8. The van der Waals surface area contributed by atoms with E-state index in [2.05, 4.69) is 37.7 Å². The molecular formula is C26H40N4O3. The Kier molecular flexibility index (Phi) is 7.82. The summed E-state index contributed by atoms with van der Waals surface area (Å²) in [6.07, 6.45) is 10.2. The minimum absolute atomic E-state index is 0.138. The van der Waals surface area contributed by atoms with Crippen molar-refractivity contribution in [3.63, 3.8) is 0 Å². The fraction of sp³-hybridized carbons (Fsp3) is 0.731. The van der Waals surface area contributed by atoms with Crippen molar-refractivity contribution in [1.82, 2.24) is 19.9 Å². The van der Waals surface area contributed by atoms with Gasteiger partial charge in [-0.2, -0.15) is 0 Å². The number of fused-ring (bicyclic) bond motifs is 1. The maximum Gasteiger partial charge on any atom is 0.224 e. The Labute approximate surface area is 197 Å². The summed E-state index contributed by atoms with van der Waals surface area (Å²) in [7, 11) is 3.92. The number of hydrogen-bond donors (Lipinski definition) is 1. The third kappa shape index (κ3) is 5.64. The molecule has 0 amide bonds. The summed E-state index contributed by atoms with van der Waals surface area (Å²) >= 11 is 0. The molecule has 1 saturated carbocycles. The number of aliphatic hydroxyl groups is 1. The highest BCUT2D eigenvalue weighted by Gasteiger charge is 2.31. The van der Waals surface area contributed by atoms with Gasteiger partial charge in [0.1, 0.15) is 11.9 Å². The van der Waals surface area contributed by atoms with Gasteiger partial charge in [0, 0.05) is 50.2 Å². The number of methoxy groups -OCH3 is 1. The first-order chi connectivity index (χ1) is 15.9. The van der Waals surface area contributed by atoms with Crippen LogP contribution >= 0.6 is 0 Å². The monoisotopic (exact) mass is 456 g/mol. The Balaban J connectivity index is 1.66. The zero-order valence-corrected chi connectivity index (χ0v) is 20.8. The molecule has 1 aliphatic heterocycles. The van der Waals surface area contributed by atoms with Crippen LogP contribution in [0.3, 0.4) is 0 Å². The van der Waals surface area contributed by atoms with Crippen molar-refractivity contribution in [2.45, 2.75) is 95.9 Å². The zero-order chi connectivity index (χ0) is 23.5. The lowest BCUT2D eigenvalue weighted by Crippen LogP contribution is -2.47. The summed E-state index contributed by atoms with van der Waals surface area (Å²) in [6, 6.07) is 0.950. The second-order valence-electron chi connectivity index (χ2n) is 10.4. The molecule has 4 rings (SSSR count). The Morgan fingerprint density at radius 1 is 1.09 bits per heavy atom. The second kappa shape index (κ2) is 10.6. The van der Waals surface area contributed by atoms with E-state index < -0.39 is 0 Å². The van der Waals surface area contributed by atoms with E-state index in [0.717, 1.165) is 67.2 Å². The van der Waals surface area contributed by atoms with Crippen molar-refractivity contribution in [1.29, 1.82) is 0 Å². The van der Waals surface area contributed by atoms with Crippen molar-refractivity contribution in [3.8, 4) is 5.88 Å². The smallest absolute Gasteiger partial charge is 0.224 e. The van der Waals surface area contributed by atoms with Crippen LogP contribution in [0, 0.1) is 5.92 Å². The van der Waals surface area contributed by atoms with Gasteiger partial charge in [0.25, 0.3) is 0 Å². The summed E-state index contributed by atoms with van der Waals surface area (Å²) in [4.78, 5) is 16.9. The minimum atomic E-state index is -0.184. The molecule has 2 aromatic rings. The number of ether oxygens (including phenoxy) is 2. The van der Waals surface area contributed by atoms with E-state index in [9.17, 15) is 5.11 Å². The Morgan fingerprint density at radius 2 is 1.79 bits per heavy atom. The number of pyridine rings is 1. The molecule has 182 valence electrons. The van der Waals surface area contributed by atoms with Crippen molar-refractivity contribution < 1.29 is 14.6 Å². The van der Waals surface area contributed by atoms with E-state index in [1.807, 2.05) is 12.4 Å². The lowest BCUT2D eigenvalue weighted by atomic mass is 9.82. The number of rotatable bonds is 7. The van der Waals surface area contributed by atoms with Gasteiger partial charge in [-0.05, 0) is 71.3 Å². The van der Waals surface area contributed by atoms with Crippen LogP contribution in [0.5, 0.6) is 5.88 Å². The third-order valence-corrected chi connectivity index (χ3v) is 7.66. The van der Waals surface area contributed by atoms with Crippen molar-refractivity contribution in [2.24, 2.45) is 5.92 Å². The normalized spacial score (nSPS) is 29.8. The van der Waals surface area contributed by atoms with Gasteiger partial charge in [0.15, 0.2) is 0 Å². The van der Waals surface area contributed by atoms with Gasteiger partial charge in [-0.15, -0.1) is 0 Å². The molecule has 7 nitrogen and oxygen atoms in total. The van der Waals surface area contributed by atoms with Crippen LogP contribution in [0.1, 0.15) is 76.6 Å². The molecule has 33 heavy (non-hydrogen) atoms. The lowest BCUT2D eigenvalue weighted by molar-refractivity contribution is 0.0415. The van der Waals surface area contributed by atoms with Crippen LogP contribution in [-0.2, 0) is 11.2 Å². The predicted octanol–water partition coefficient (Wildman–Crippen LogP) is 4.12. The molecular weight excluding hydrogens is 416 g/mol. The van der Waals surface area contributed by atoms with Crippen molar-refractivity contribution in [3.05, 3.63) is 23.8 Å². The summed E-state index contributed by atoms with van der Waals surface area (Å²) in [5.41, 5.74) is 2.13. The largest absolute Gasteiger partial charge is 0.474 e. The van der Waals surface area contributed by atoms with Crippen LogP contribution in [0.15, 0.2) is 12.4 Å². The molecule has 4 atom stereocenters. The molecule has 3 heterocycles. The maximum absolute atomic E-state index is 9.99. The summed E-state index contributed by atoms with van der Waals surface area (Å²) < 4.78 is 11.8. The number of piperidine rings is 1. The highest BCUT2D eigenvalue weighted by Crippen LogP contribution is 2.38. The number of aromatic nitrogens is 3. The molecule has 7 heteroatoms. The first kappa shape index (κ1) is 24.3. The van der Waals surface area contributed by atoms with E-state index >= 15 is 0 Å². The van der Waals surface area contributed by atoms with Gasteiger partial charge < -0.3 is 19.5 Å². The first-order valence-corrected chi connectivity index (χ1v) is 12.6. The average molecular weight is 457 g/mol. The van der Waals surface area contributed by atoms with E-state index in [0.29, 0.717) is 36.4 Å². The molecule has 2 aliphatic rings. The highest BCUT2D eigenvalue weighted by molar-refractivity contribution is 5.85. The molecule has 1 unspecified atom stereocenters. The lowest BCUT2D eigenvalue weighted by Gasteiger charge is -2.40. The Hall–Kier alpha value is -1.83. The van der Waals surface area contributed by atoms with Gasteiger partial charge in [-0.3, -0.25) is 0 Å². The molecule has 1 saturated heterocycles. The van der Waals surface area contributed by atoms with E-state index in [-0.39, 0.29) is 12.2 Å². The summed E-state index contributed by atoms with van der Waals surface area (Å²) in [5.74, 6) is 2.19. The van der Waals surface area contributed by atoms with Crippen LogP contribution in [0.2, 0.25) is 0 Å². The SMILES string of the molecule is COC[C@H](C)Cc1ncc2c(OC3C[C@@H](C)N(C)[C@@H](C)C3)ncc(C3CCC(O)CC3)c2n1. The fourth-order valence-electron chi connectivity index (χ4n) is 5.46. The van der Waals surface area contributed by atoms with E-state index in [4.69, 9.17) is 19.4 Å². The predicted molar refractivity (Wildman–Crippen MR) is 130 cm³/mol. The molecule has 2 fully saturated rings. The first-order valence-electron chi connectivity index (χ1n) is 12.6. The third-order valence-electron chi connectivity index (χ3n) is 7.66. The maximum atomic E-state index is 9.99. The van der Waals surface area contributed by atoms with Gasteiger partial charge in [0.2, 0.25) is 5.88 Å². The van der Waals surface area contributed by atoms with Gasteiger partial charge in [0.05, 0.1) is 17.0 Å². The van der Waals surface area contributed by atoms with Crippen LogP contribution < -0.4 is 4.74 Å². The van der Waals surface area contributed by atoms with Crippen LogP contribution in [0.4, 0.5) is 0 Å². The van der Waals surface area contributed by atoms with Crippen LogP contribution in [-0.4, -0.2) is 70.0 Å². The molecule has 0 aromatic carbocycles. The minimum Gasteiger partial charge on any atom is -0.474 e. The molecule has 1 N–H and O–H groups in total. The topological polar surface area (TPSA) is 80.6 Å². The molecule has 1 aliphatic carbocycles. The highest BCUT2D eigenvalue weighted by atomic mass is 16.5. The quantitative estimate of drug-likeness (QED) is 0.671. The van der Waals surface area contributed by atoms with Crippen molar-refractivity contribution >= 4 is 10.9 Å². The van der Waals surface area contributed by atoms with E-state index in [1.54, 1.807) is 7.11 Å². The standard InChI is InChI=1S/C26H40N4O3/c1-16(15-32-5)10-24-27-14-23-25(29-24)22(19-6-8-20(31)9-7-19)13-28-26(23)33-21-11-17(2)30(4)18(3)12-21/h13-14,16-21,31H,6-12,15H2,1-5H3/t16-,17-,18+,19?,20?,21?/m1/s1. The molecule has 2 aromatic heterocycles. The number of likely N-dealkylation sites (tertiary alicyclic amines) is 1. The van der Waals surface area contributed by atoms with E-state index in [1.165, 1.54) is 0 Å².